The van der Waals surface area contributed by atoms with Crippen LogP contribution in [0.4, 0.5) is 5.69 Å². The van der Waals surface area contributed by atoms with Gasteiger partial charge in [-0.3, -0.25) is 14.4 Å². The Morgan fingerprint density at radius 3 is 2.72 bits per heavy atom. The number of carbonyl (C=O) groups excluding carboxylic acids is 3. The Morgan fingerprint density at radius 2 is 1.83 bits per heavy atom. The van der Waals surface area contributed by atoms with E-state index in [2.05, 4.69) is 21.2 Å². The van der Waals surface area contributed by atoms with Crippen LogP contribution in [0.5, 0.6) is 0 Å². The van der Waals surface area contributed by atoms with Gasteiger partial charge in [0.25, 0.3) is 0 Å². The average Bonchev–Trinajstić information content (AvgIpc) is 2.74. The number of fused-ring (bicyclic) bond motifs is 2. The van der Waals surface area contributed by atoms with E-state index in [9.17, 15) is 14.4 Å². The van der Waals surface area contributed by atoms with E-state index in [0.717, 1.165) is 36.5 Å². The highest BCUT2D eigenvalue weighted by molar-refractivity contribution is 6.40. The molecule has 0 aromatic heterocycles. The standard InChI is InChI=1S/C22H24N4O3/c27-20-16(12-15-7-2-4-10-18(15)24-20)13-23-26-22(29)21(28)25-19-11-5-8-14-6-1-3-9-17(14)19/h1,3,5-6,8-9,11,13,15-16,18H,2,4,7,10,12H2,(H,24,27)(H,25,28)(H,26,29)/b23-13+. The van der Waals surface area contributed by atoms with Crippen molar-refractivity contribution in [3.8, 4) is 0 Å². The zero-order chi connectivity index (χ0) is 20.2. The number of rotatable bonds is 3. The zero-order valence-electron chi connectivity index (χ0n) is 16.1. The van der Waals surface area contributed by atoms with E-state index in [1.807, 2.05) is 36.4 Å². The van der Waals surface area contributed by atoms with Gasteiger partial charge in [-0.05, 0) is 36.6 Å². The second kappa shape index (κ2) is 8.43. The van der Waals surface area contributed by atoms with Gasteiger partial charge in [-0.15, -0.1) is 0 Å². The summed E-state index contributed by atoms with van der Waals surface area (Å²) in [5.74, 6) is -1.66. The number of amides is 3. The van der Waals surface area contributed by atoms with Crippen LogP contribution in [0.2, 0.25) is 0 Å². The minimum atomic E-state index is -0.874. The van der Waals surface area contributed by atoms with Crippen LogP contribution in [0.25, 0.3) is 10.8 Å². The van der Waals surface area contributed by atoms with Crippen molar-refractivity contribution < 1.29 is 14.4 Å². The largest absolute Gasteiger partial charge is 0.353 e. The molecule has 2 aromatic rings. The summed E-state index contributed by atoms with van der Waals surface area (Å²) < 4.78 is 0. The van der Waals surface area contributed by atoms with Crippen molar-refractivity contribution in [2.75, 3.05) is 5.32 Å². The normalized spacial score (nSPS) is 24.0. The third-order valence-corrected chi connectivity index (χ3v) is 5.79. The first-order valence-electron chi connectivity index (χ1n) is 10.0. The maximum Gasteiger partial charge on any atom is 0.329 e. The molecule has 7 heteroatoms. The molecule has 1 aliphatic heterocycles. The van der Waals surface area contributed by atoms with Gasteiger partial charge in [0.15, 0.2) is 0 Å². The Morgan fingerprint density at radius 1 is 1.03 bits per heavy atom. The molecule has 2 aliphatic rings. The Kier molecular flexibility index (Phi) is 5.55. The Balaban J connectivity index is 1.34. The highest BCUT2D eigenvalue weighted by Gasteiger charge is 2.36. The molecule has 3 unspecified atom stereocenters. The summed E-state index contributed by atoms with van der Waals surface area (Å²) in [6.07, 6.45) is 6.65. The van der Waals surface area contributed by atoms with Crippen LogP contribution in [0.15, 0.2) is 47.6 Å². The number of nitrogens with one attached hydrogen (secondary N) is 3. The molecule has 3 atom stereocenters. The minimum Gasteiger partial charge on any atom is -0.353 e. The monoisotopic (exact) mass is 392 g/mol. The topological polar surface area (TPSA) is 99.7 Å². The van der Waals surface area contributed by atoms with Crippen LogP contribution < -0.4 is 16.1 Å². The maximum atomic E-state index is 12.2. The number of piperidine rings is 1. The number of benzene rings is 2. The second-order valence-corrected chi connectivity index (χ2v) is 7.70. The summed E-state index contributed by atoms with van der Waals surface area (Å²) in [5, 5.41) is 11.3. The fourth-order valence-electron chi connectivity index (χ4n) is 4.28. The first-order chi connectivity index (χ1) is 14.1. The summed E-state index contributed by atoms with van der Waals surface area (Å²) in [6.45, 7) is 0. The summed E-state index contributed by atoms with van der Waals surface area (Å²) in [6, 6.07) is 13.3. The van der Waals surface area contributed by atoms with Crippen LogP contribution in [-0.4, -0.2) is 30.0 Å². The Bertz CT molecular complexity index is 966. The minimum absolute atomic E-state index is 0.0636. The molecule has 0 radical (unpaired) electrons. The van der Waals surface area contributed by atoms with E-state index in [-0.39, 0.29) is 17.9 Å². The molecule has 1 aliphatic carbocycles. The fraction of sp³-hybridized carbons (Fsp3) is 0.364. The smallest absolute Gasteiger partial charge is 0.329 e. The summed E-state index contributed by atoms with van der Waals surface area (Å²) in [4.78, 5) is 36.5. The van der Waals surface area contributed by atoms with Crippen molar-refractivity contribution in [1.82, 2.24) is 10.7 Å². The summed E-state index contributed by atoms with van der Waals surface area (Å²) in [5.41, 5.74) is 2.79. The van der Waals surface area contributed by atoms with Crippen molar-refractivity contribution in [1.29, 1.82) is 0 Å². The molecule has 0 bridgehead atoms. The molecule has 150 valence electrons. The van der Waals surface area contributed by atoms with Gasteiger partial charge in [-0.2, -0.15) is 5.10 Å². The van der Waals surface area contributed by atoms with E-state index >= 15 is 0 Å². The van der Waals surface area contributed by atoms with E-state index < -0.39 is 11.8 Å². The van der Waals surface area contributed by atoms with Gasteiger partial charge in [0.05, 0.1) is 5.92 Å². The highest BCUT2D eigenvalue weighted by Crippen LogP contribution is 2.32. The van der Waals surface area contributed by atoms with E-state index in [1.54, 1.807) is 6.07 Å². The number of carbonyl (C=O) groups is 3. The maximum absolute atomic E-state index is 12.2. The average molecular weight is 392 g/mol. The lowest BCUT2D eigenvalue weighted by atomic mass is 9.76. The molecule has 29 heavy (non-hydrogen) atoms. The van der Waals surface area contributed by atoms with Crippen molar-refractivity contribution in [3.05, 3.63) is 42.5 Å². The SMILES string of the molecule is O=C(N/N=C/C1CC2CCCCC2NC1=O)C(=O)Nc1cccc2ccccc12. The second-order valence-electron chi connectivity index (χ2n) is 7.70. The van der Waals surface area contributed by atoms with E-state index in [0.29, 0.717) is 11.6 Å². The van der Waals surface area contributed by atoms with Gasteiger partial charge in [0.2, 0.25) is 5.91 Å². The number of hydrazone groups is 1. The molecule has 2 aromatic carbocycles. The van der Waals surface area contributed by atoms with Crippen molar-refractivity contribution >= 4 is 40.4 Å². The molecule has 7 nitrogen and oxygen atoms in total. The summed E-state index contributed by atoms with van der Waals surface area (Å²) >= 11 is 0. The number of nitrogens with zero attached hydrogens (tertiary/aromatic N) is 1. The van der Waals surface area contributed by atoms with Gasteiger partial charge >= 0.3 is 11.8 Å². The fourth-order valence-corrected chi connectivity index (χ4v) is 4.28. The van der Waals surface area contributed by atoms with Crippen LogP contribution in [0.1, 0.15) is 32.1 Å². The predicted molar refractivity (Wildman–Crippen MR) is 111 cm³/mol. The van der Waals surface area contributed by atoms with Gasteiger partial charge in [-0.25, -0.2) is 5.43 Å². The first-order valence-corrected chi connectivity index (χ1v) is 10.0. The first kappa shape index (κ1) is 19.1. The molecule has 3 amide bonds. The van der Waals surface area contributed by atoms with Gasteiger partial charge in [-0.1, -0.05) is 49.2 Å². The molecule has 1 saturated heterocycles. The number of hydrogen-bond donors (Lipinski definition) is 3. The summed E-state index contributed by atoms with van der Waals surface area (Å²) in [7, 11) is 0. The molecular formula is C22H24N4O3. The van der Waals surface area contributed by atoms with Crippen LogP contribution in [0, 0.1) is 11.8 Å². The number of anilines is 1. The predicted octanol–water partition coefficient (Wildman–Crippen LogP) is 2.58. The van der Waals surface area contributed by atoms with Gasteiger partial charge < -0.3 is 10.6 Å². The lowest BCUT2D eigenvalue weighted by Crippen LogP contribution is -2.51. The lowest BCUT2D eigenvalue weighted by molar-refractivity contribution is -0.136. The lowest BCUT2D eigenvalue weighted by Gasteiger charge is -2.38. The third-order valence-electron chi connectivity index (χ3n) is 5.79. The molecule has 3 N–H and O–H groups in total. The molecule has 1 heterocycles. The van der Waals surface area contributed by atoms with Crippen LogP contribution in [0.3, 0.4) is 0 Å². The van der Waals surface area contributed by atoms with Gasteiger partial charge in [0, 0.05) is 23.3 Å². The molecule has 1 saturated carbocycles. The zero-order valence-corrected chi connectivity index (χ0v) is 16.1. The molecule has 4 rings (SSSR count). The quantitative estimate of drug-likeness (QED) is 0.425. The molecule has 2 fully saturated rings. The van der Waals surface area contributed by atoms with Crippen molar-refractivity contribution in [2.45, 2.75) is 38.1 Å². The third kappa shape index (κ3) is 4.29. The molecular weight excluding hydrogens is 368 g/mol. The molecule has 0 spiro atoms. The van der Waals surface area contributed by atoms with Gasteiger partial charge in [0.1, 0.15) is 0 Å². The van der Waals surface area contributed by atoms with E-state index in [1.165, 1.54) is 12.6 Å². The van der Waals surface area contributed by atoms with Crippen molar-refractivity contribution in [2.24, 2.45) is 16.9 Å². The van der Waals surface area contributed by atoms with E-state index in [4.69, 9.17) is 0 Å². The van der Waals surface area contributed by atoms with Crippen molar-refractivity contribution in [3.63, 3.8) is 0 Å². The van der Waals surface area contributed by atoms with Crippen LogP contribution in [-0.2, 0) is 14.4 Å². The highest BCUT2D eigenvalue weighted by atomic mass is 16.2. The number of hydrogen-bond acceptors (Lipinski definition) is 4. The van der Waals surface area contributed by atoms with Crippen LogP contribution >= 0.6 is 0 Å². The Labute approximate surface area is 168 Å². The Hall–Kier alpha value is -3.22.